The maximum atomic E-state index is 12.0. The van der Waals surface area contributed by atoms with Gasteiger partial charge in [-0.3, -0.25) is 4.79 Å². The van der Waals surface area contributed by atoms with Crippen LogP contribution in [0.2, 0.25) is 0 Å². The van der Waals surface area contributed by atoms with Gasteiger partial charge in [0, 0.05) is 11.1 Å². The Morgan fingerprint density at radius 2 is 1.88 bits per heavy atom. The van der Waals surface area contributed by atoms with Crippen molar-refractivity contribution in [3.05, 3.63) is 29.8 Å². The Bertz CT molecular complexity index is 390. The molecule has 1 aromatic carbocycles. The number of hydrogen-bond donors (Lipinski definition) is 1. The van der Waals surface area contributed by atoms with Crippen LogP contribution in [-0.4, -0.2) is 5.91 Å². The first-order valence-electron chi connectivity index (χ1n) is 6.26. The minimum absolute atomic E-state index is 0.0632. The highest BCUT2D eigenvalue weighted by Crippen LogP contribution is 2.27. The molecule has 0 heterocycles. The van der Waals surface area contributed by atoms with Crippen LogP contribution in [-0.2, 0) is 4.79 Å². The molecule has 0 aliphatic carbocycles. The van der Waals surface area contributed by atoms with E-state index in [1.807, 2.05) is 39.0 Å². The van der Waals surface area contributed by atoms with Crippen LogP contribution >= 0.6 is 0 Å². The van der Waals surface area contributed by atoms with Gasteiger partial charge < -0.3 is 5.32 Å². The Hall–Kier alpha value is -1.31. The molecule has 0 bridgehead atoms. The highest BCUT2D eigenvalue weighted by atomic mass is 16.2. The van der Waals surface area contributed by atoms with E-state index in [0.29, 0.717) is 5.92 Å². The molecule has 0 saturated heterocycles. The molecule has 0 aliphatic heterocycles. The van der Waals surface area contributed by atoms with Gasteiger partial charge in [0.05, 0.1) is 0 Å². The van der Waals surface area contributed by atoms with Crippen molar-refractivity contribution in [2.45, 2.75) is 47.0 Å². The van der Waals surface area contributed by atoms with Crippen molar-refractivity contribution in [2.75, 3.05) is 5.32 Å². The zero-order chi connectivity index (χ0) is 13.1. The topological polar surface area (TPSA) is 29.1 Å². The third kappa shape index (κ3) is 3.58. The van der Waals surface area contributed by atoms with E-state index in [1.54, 1.807) is 0 Å². The van der Waals surface area contributed by atoms with Gasteiger partial charge in [-0.15, -0.1) is 0 Å². The van der Waals surface area contributed by atoms with E-state index in [4.69, 9.17) is 0 Å². The molecule has 0 unspecified atom stereocenters. The lowest BCUT2D eigenvalue weighted by molar-refractivity contribution is -0.123. The minimum Gasteiger partial charge on any atom is -0.325 e. The number of carbonyl (C=O) groups excluding carboxylic acids is 1. The number of amides is 1. The van der Waals surface area contributed by atoms with E-state index < -0.39 is 0 Å². The van der Waals surface area contributed by atoms with Crippen molar-refractivity contribution in [1.29, 1.82) is 0 Å². The van der Waals surface area contributed by atoms with E-state index >= 15 is 0 Å². The number of carbonyl (C=O) groups is 1. The lowest BCUT2D eigenvalue weighted by atomic mass is 9.93. The molecule has 2 nitrogen and oxygen atoms in total. The van der Waals surface area contributed by atoms with E-state index in [9.17, 15) is 4.79 Å². The van der Waals surface area contributed by atoms with Gasteiger partial charge in [0.15, 0.2) is 0 Å². The first-order chi connectivity index (χ1) is 7.86. The predicted molar refractivity (Wildman–Crippen MR) is 73.2 cm³/mol. The monoisotopic (exact) mass is 233 g/mol. The largest absolute Gasteiger partial charge is 0.325 e. The molecule has 0 aromatic heterocycles. The van der Waals surface area contributed by atoms with Crippen molar-refractivity contribution in [1.82, 2.24) is 0 Å². The zero-order valence-electron chi connectivity index (χ0n) is 11.5. The molecule has 0 radical (unpaired) electrons. The van der Waals surface area contributed by atoms with Crippen LogP contribution in [0.3, 0.4) is 0 Å². The quantitative estimate of drug-likeness (QED) is 0.833. The summed E-state index contributed by atoms with van der Waals surface area (Å²) in [6, 6.07) is 8.05. The third-order valence-corrected chi connectivity index (χ3v) is 3.03. The standard InChI is InChI=1S/C15H23NO/c1-6-11(2)12-9-7-8-10-13(12)16-14(17)15(3,4)5/h7-11H,6H2,1-5H3,(H,16,17)/t11-/m1/s1. The summed E-state index contributed by atoms with van der Waals surface area (Å²) in [6.45, 7) is 10.1. The Labute approximate surface area is 104 Å². The molecule has 2 heteroatoms. The lowest BCUT2D eigenvalue weighted by Gasteiger charge is -2.21. The van der Waals surface area contributed by atoms with Crippen LogP contribution in [0.5, 0.6) is 0 Å². The third-order valence-electron chi connectivity index (χ3n) is 3.03. The van der Waals surface area contributed by atoms with Crippen molar-refractivity contribution >= 4 is 11.6 Å². The highest BCUT2D eigenvalue weighted by molar-refractivity contribution is 5.95. The van der Waals surface area contributed by atoms with Gasteiger partial charge >= 0.3 is 0 Å². The fourth-order valence-corrected chi connectivity index (χ4v) is 1.57. The van der Waals surface area contributed by atoms with Gasteiger partial charge in [0.2, 0.25) is 5.91 Å². The van der Waals surface area contributed by atoms with E-state index in [-0.39, 0.29) is 11.3 Å². The fourth-order valence-electron chi connectivity index (χ4n) is 1.57. The molecule has 1 N–H and O–H groups in total. The summed E-state index contributed by atoms with van der Waals surface area (Å²) in [5, 5.41) is 3.03. The summed E-state index contributed by atoms with van der Waals surface area (Å²) in [5.74, 6) is 0.528. The SMILES string of the molecule is CC[C@@H](C)c1ccccc1NC(=O)C(C)(C)C. The first-order valence-corrected chi connectivity index (χ1v) is 6.26. The summed E-state index contributed by atoms with van der Waals surface area (Å²) < 4.78 is 0. The normalized spacial score (nSPS) is 13.2. The van der Waals surface area contributed by atoms with Gasteiger partial charge in [0.25, 0.3) is 0 Å². The molecule has 1 aromatic rings. The zero-order valence-corrected chi connectivity index (χ0v) is 11.5. The molecule has 0 fully saturated rings. The van der Waals surface area contributed by atoms with Gasteiger partial charge in [-0.1, -0.05) is 52.8 Å². The van der Waals surface area contributed by atoms with Crippen molar-refractivity contribution in [3.8, 4) is 0 Å². The summed E-state index contributed by atoms with van der Waals surface area (Å²) in [5.41, 5.74) is 1.80. The number of anilines is 1. The Morgan fingerprint density at radius 1 is 1.29 bits per heavy atom. The molecular weight excluding hydrogens is 210 g/mol. The van der Waals surface area contributed by atoms with Gasteiger partial charge in [-0.05, 0) is 24.0 Å². The van der Waals surface area contributed by atoms with Crippen molar-refractivity contribution in [3.63, 3.8) is 0 Å². The second-order valence-corrected chi connectivity index (χ2v) is 5.60. The van der Waals surface area contributed by atoms with Gasteiger partial charge in [0.1, 0.15) is 0 Å². The first kappa shape index (κ1) is 13.8. The molecule has 94 valence electrons. The van der Waals surface area contributed by atoms with Crippen LogP contribution in [0.1, 0.15) is 52.5 Å². The summed E-state index contributed by atoms with van der Waals surface area (Å²) >= 11 is 0. The Morgan fingerprint density at radius 3 is 2.41 bits per heavy atom. The molecule has 0 spiro atoms. The summed E-state index contributed by atoms with van der Waals surface area (Å²) in [7, 11) is 0. The molecular formula is C15H23NO. The number of rotatable bonds is 3. The van der Waals surface area contributed by atoms with E-state index in [1.165, 1.54) is 5.56 Å². The van der Waals surface area contributed by atoms with Crippen LogP contribution in [0.15, 0.2) is 24.3 Å². The van der Waals surface area contributed by atoms with Crippen LogP contribution < -0.4 is 5.32 Å². The smallest absolute Gasteiger partial charge is 0.229 e. The van der Waals surface area contributed by atoms with Crippen LogP contribution in [0, 0.1) is 5.41 Å². The number of benzene rings is 1. The maximum Gasteiger partial charge on any atom is 0.229 e. The second kappa shape index (κ2) is 5.35. The average Bonchev–Trinajstić information content (AvgIpc) is 2.27. The highest BCUT2D eigenvalue weighted by Gasteiger charge is 2.22. The molecule has 17 heavy (non-hydrogen) atoms. The fraction of sp³-hybridized carbons (Fsp3) is 0.533. The number of nitrogens with one attached hydrogen (secondary N) is 1. The molecule has 1 atom stereocenters. The number of para-hydroxylation sites is 1. The molecule has 0 saturated carbocycles. The molecule has 0 aliphatic rings. The maximum absolute atomic E-state index is 12.0. The van der Waals surface area contributed by atoms with E-state index in [0.717, 1.165) is 12.1 Å². The molecule has 1 rings (SSSR count). The Kier molecular flexibility index (Phi) is 4.33. The minimum atomic E-state index is -0.359. The Balaban J connectivity index is 2.95. The van der Waals surface area contributed by atoms with Crippen molar-refractivity contribution in [2.24, 2.45) is 5.41 Å². The predicted octanol–water partition coefficient (Wildman–Crippen LogP) is 4.18. The van der Waals surface area contributed by atoms with E-state index in [2.05, 4.69) is 25.2 Å². The van der Waals surface area contributed by atoms with Crippen molar-refractivity contribution < 1.29 is 4.79 Å². The molecule has 1 amide bonds. The second-order valence-electron chi connectivity index (χ2n) is 5.60. The lowest BCUT2D eigenvalue weighted by Crippen LogP contribution is -2.28. The number of hydrogen-bond acceptors (Lipinski definition) is 1. The summed E-state index contributed by atoms with van der Waals surface area (Å²) in [6.07, 6.45) is 1.07. The average molecular weight is 233 g/mol. The van der Waals surface area contributed by atoms with Crippen LogP contribution in [0.25, 0.3) is 0 Å². The van der Waals surface area contributed by atoms with Gasteiger partial charge in [-0.25, -0.2) is 0 Å². The van der Waals surface area contributed by atoms with Crippen LogP contribution in [0.4, 0.5) is 5.69 Å². The van der Waals surface area contributed by atoms with Gasteiger partial charge in [-0.2, -0.15) is 0 Å². The summed E-state index contributed by atoms with van der Waals surface area (Å²) in [4.78, 5) is 12.0.